The number of anilines is 2. The number of benzene rings is 2. The van der Waals surface area contributed by atoms with Gasteiger partial charge in [-0.05, 0) is 42.0 Å². The van der Waals surface area contributed by atoms with Crippen LogP contribution in [0.2, 0.25) is 5.02 Å². The summed E-state index contributed by atoms with van der Waals surface area (Å²) in [5.74, 6) is 1.03. The van der Waals surface area contributed by atoms with E-state index in [2.05, 4.69) is 10.2 Å². The predicted octanol–water partition coefficient (Wildman–Crippen LogP) is 3.13. The van der Waals surface area contributed by atoms with Crippen LogP contribution in [0.15, 0.2) is 36.4 Å². The zero-order valence-electron chi connectivity index (χ0n) is 14.9. The molecule has 27 heavy (non-hydrogen) atoms. The number of nitrogens with zero attached hydrogens (tertiary/aromatic N) is 1. The lowest BCUT2D eigenvalue weighted by molar-refractivity contribution is -0.115. The molecule has 0 bridgehead atoms. The van der Waals surface area contributed by atoms with E-state index >= 15 is 0 Å². The van der Waals surface area contributed by atoms with Gasteiger partial charge in [0.25, 0.3) is 0 Å². The van der Waals surface area contributed by atoms with Crippen molar-refractivity contribution in [1.82, 2.24) is 0 Å². The van der Waals surface area contributed by atoms with E-state index in [1.54, 1.807) is 6.07 Å². The van der Waals surface area contributed by atoms with E-state index in [1.807, 2.05) is 30.3 Å². The fraction of sp³-hybridized carbons (Fsp3) is 0.350. The van der Waals surface area contributed by atoms with Crippen LogP contribution < -0.4 is 19.7 Å². The van der Waals surface area contributed by atoms with E-state index in [0.29, 0.717) is 29.7 Å². The van der Waals surface area contributed by atoms with Crippen molar-refractivity contribution in [1.29, 1.82) is 0 Å². The Morgan fingerprint density at radius 3 is 2.56 bits per heavy atom. The molecule has 7 heteroatoms. The van der Waals surface area contributed by atoms with E-state index in [1.165, 1.54) is 0 Å². The first-order chi connectivity index (χ1) is 13.2. The van der Waals surface area contributed by atoms with Crippen molar-refractivity contribution in [3.8, 4) is 11.5 Å². The van der Waals surface area contributed by atoms with Gasteiger partial charge in [-0.3, -0.25) is 4.79 Å². The Bertz CT molecular complexity index is 819. The first-order valence-electron chi connectivity index (χ1n) is 9.00. The fourth-order valence-corrected chi connectivity index (χ4v) is 3.52. The molecule has 6 nitrogen and oxygen atoms in total. The van der Waals surface area contributed by atoms with Crippen molar-refractivity contribution in [2.24, 2.45) is 0 Å². The number of nitrogens with one attached hydrogen (secondary N) is 1. The van der Waals surface area contributed by atoms with Gasteiger partial charge in [0.15, 0.2) is 11.5 Å². The predicted molar refractivity (Wildman–Crippen MR) is 104 cm³/mol. The minimum atomic E-state index is -0.109. The van der Waals surface area contributed by atoms with Gasteiger partial charge in [0, 0.05) is 24.5 Å². The molecule has 2 heterocycles. The summed E-state index contributed by atoms with van der Waals surface area (Å²) in [5.41, 5.74) is 2.68. The van der Waals surface area contributed by atoms with Crippen LogP contribution in [-0.4, -0.2) is 45.4 Å². The molecule has 1 N–H and O–H groups in total. The molecule has 2 aromatic carbocycles. The maximum absolute atomic E-state index is 12.4. The standard InChI is InChI=1S/C20H21ClN2O4/c21-17-11-14(12-18-20(17)27-10-9-26-18)13-19(24)22-15-1-3-16(4-2-15)23-5-7-25-8-6-23/h1-4,11-12H,5-10,13H2,(H,22,24). The minimum absolute atomic E-state index is 0.109. The van der Waals surface area contributed by atoms with Crippen LogP contribution >= 0.6 is 11.6 Å². The molecule has 4 rings (SSSR count). The molecule has 0 saturated carbocycles. The molecular formula is C20H21ClN2O4. The van der Waals surface area contributed by atoms with Gasteiger partial charge in [-0.15, -0.1) is 0 Å². The number of amides is 1. The number of morpholine rings is 1. The smallest absolute Gasteiger partial charge is 0.228 e. The number of hydrogen-bond acceptors (Lipinski definition) is 5. The molecule has 2 aliphatic heterocycles. The molecule has 142 valence electrons. The van der Waals surface area contributed by atoms with E-state index in [4.69, 9.17) is 25.8 Å². The monoisotopic (exact) mass is 388 g/mol. The molecule has 1 saturated heterocycles. The van der Waals surface area contributed by atoms with Crippen molar-refractivity contribution in [2.75, 3.05) is 49.7 Å². The Hall–Kier alpha value is -2.44. The highest BCUT2D eigenvalue weighted by atomic mass is 35.5. The number of hydrogen-bond donors (Lipinski definition) is 1. The topological polar surface area (TPSA) is 60.0 Å². The Kier molecular flexibility index (Phi) is 5.36. The summed E-state index contributed by atoms with van der Waals surface area (Å²) >= 11 is 6.23. The highest BCUT2D eigenvalue weighted by molar-refractivity contribution is 6.32. The maximum Gasteiger partial charge on any atom is 0.228 e. The van der Waals surface area contributed by atoms with Crippen LogP contribution in [0.3, 0.4) is 0 Å². The molecule has 1 amide bonds. The molecule has 0 unspecified atom stereocenters. The highest BCUT2D eigenvalue weighted by Crippen LogP contribution is 2.38. The lowest BCUT2D eigenvalue weighted by atomic mass is 10.1. The number of carbonyl (C=O) groups is 1. The second kappa shape index (κ2) is 8.06. The quantitative estimate of drug-likeness (QED) is 0.872. The third-order valence-corrected chi connectivity index (χ3v) is 4.83. The van der Waals surface area contributed by atoms with E-state index in [9.17, 15) is 4.79 Å². The van der Waals surface area contributed by atoms with E-state index in [-0.39, 0.29) is 12.3 Å². The van der Waals surface area contributed by atoms with Gasteiger partial charge in [-0.25, -0.2) is 0 Å². The summed E-state index contributed by atoms with van der Waals surface area (Å²) in [6.45, 7) is 4.22. The summed E-state index contributed by atoms with van der Waals surface area (Å²) in [7, 11) is 0. The minimum Gasteiger partial charge on any atom is -0.486 e. The van der Waals surface area contributed by atoms with Crippen LogP contribution in [0.1, 0.15) is 5.56 Å². The van der Waals surface area contributed by atoms with Gasteiger partial charge < -0.3 is 24.4 Å². The summed E-state index contributed by atoms with van der Waals surface area (Å²) in [5, 5.41) is 3.39. The number of carbonyl (C=O) groups excluding carboxylic acids is 1. The molecule has 0 aromatic heterocycles. The molecule has 0 aliphatic carbocycles. The van der Waals surface area contributed by atoms with E-state index < -0.39 is 0 Å². The first kappa shape index (κ1) is 17.9. The van der Waals surface area contributed by atoms with Gasteiger partial charge in [0.05, 0.1) is 24.7 Å². The van der Waals surface area contributed by atoms with Crippen LogP contribution in [0, 0.1) is 0 Å². The number of halogens is 1. The van der Waals surface area contributed by atoms with Crippen LogP contribution in [0.4, 0.5) is 11.4 Å². The molecule has 1 fully saturated rings. The van der Waals surface area contributed by atoms with Gasteiger partial charge in [-0.1, -0.05) is 11.6 Å². The molecule has 0 spiro atoms. The second-order valence-corrected chi connectivity index (χ2v) is 6.88. The van der Waals surface area contributed by atoms with Crippen molar-refractivity contribution in [2.45, 2.75) is 6.42 Å². The maximum atomic E-state index is 12.4. The molecule has 0 radical (unpaired) electrons. The summed E-state index contributed by atoms with van der Waals surface area (Å²) < 4.78 is 16.4. The first-order valence-corrected chi connectivity index (χ1v) is 9.37. The largest absolute Gasteiger partial charge is 0.486 e. The molecular weight excluding hydrogens is 368 g/mol. The van der Waals surface area contributed by atoms with Gasteiger partial charge in [-0.2, -0.15) is 0 Å². The summed E-state index contributed by atoms with van der Waals surface area (Å²) in [6.07, 6.45) is 0.210. The van der Waals surface area contributed by atoms with Gasteiger partial charge in [0.2, 0.25) is 5.91 Å². The summed E-state index contributed by atoms with van der Waals surface area (Å²) in [4.78, 5) is 14.7. The zero-order chi connectivity index (χ0) is 18.6. The Labute approximate surface area is 163 Å². The van der Waals surface area contributed by atoms with Crippen molar-refractivity contribution < 1.29 is 19.0 Å². The zero-order valence-corrected chi connectivity index (χ0v) is 15.6. The Morgan fingerprint density at radius 2 is 1.78 bits per heavy atom. The van der Waals surface area contributed by atoms with Crippen molar-refractivity contribution in [3.63, 3.8) is 0 Å². The van der Waals surface area contributed by atoms with Crippen molar-refractivity contribution >= 4 is 28.9 Å². The lowest BCUT2D eigenvalue weighted by Crippen LogP contribution is -2.36. The van der Waals surface area contributed by atoms with Crippen LogP contribution in [0.5, 0.6) is 11.5 Å². The summed E-state index contributed by atoms with van der Waals surface area (Å²) in [6, 6.07) is 11.4. The van der Waals surface area contributed by atoms with E-state index in [0.717, 1.165) is 43.2 Å². The van der Waals surface area contributed by atoms with Crippen LogP contribution in [-0.2, 0) is 16.0 Å². The number of rotatable bonds is 4. The number of ether oxygens (including phenoxy) is 3. The number of fused-ring (bicyclic) bond motifs is 1. The lowest BCUT2D eigenvalue weighted by Gasteiger charge is -2.28. The Balaban J connectivity index is 1.38. The average molecular weight is 389 g/mol. The molecule has 2 aromatic rings. The average Bonchev–Trinajstić information content (AvgIpc) is 2.69. The third-order valence-electron chi connectivity index (χ3n) is 4.55. The third kappa shape index (κ3) is 4.28. The van der Waals surface area contributed by atoms with Crippen LogP contribution in [0.25, 0.3) is 0 Å². The molecule has 2 aliphatic rings. The van der Waals surface area contributed by atoms with Gasteiger partial charge in [0.1, 0.15) is 13.2 Å². The second-order valence-electron chi connectivity index (χ2n) is 6.47. The Morgan fingerprint density at radius 1 is 1.04 bits per heavy atom. The SMILES string of the molecule is O=C(Cc1cc(Cl)c2c(c1)OCCO2)Nc1ccc(N2CCOCC2)cc1. The normalized spacial score (nSPS) is 16.1. The van der Waals surface area contributed by atoms with Gasteiger partial charge >= 0.3 is 0 Å². The molecule has 0 atom stereocenters. The van der Waals surface area contributed by atoms with Crippen molar-refractivity contribution in [3.05, 3.63) is 47.0 Å². The fourth-order valence-electron chi connectivity index (χ4n) is 3.23. The highest BCUT2D eigenvalue weighted by Gasteiger charge is 2.18.